The van der Waals surface area contributed by atoms with Crippen molar-refractivity contribution >= 4 is 27.5 Å². The van der Waals surface area contributed by atoms with Gasteiger partial charge in [0, 0.05) is 10.4 Å². The Hall–Kier alpha value is -0.210. The second-order valence-corrected chi connectivity index (χ2v) is 4.49. The van der Waals surface area contributed by atoms with Crippen LogP contribution in [0.3, 0.4) is 0 Å². The minimum absolute atomic E-state index is 0.745. The molecule has 14 heavy (non-hydrogen) atoms. The molecule has 1 nitrogen and oxygen atoms in total. The Morgan fingerprint density at radius 3 is 2.36 bits per heavy atom. The molecular formula is C11H14BrClO. The minimum atomic E-state index is 0.745. The minimum Gasteiger partial charge on any atom is -0.493 e. The summed E-state index contributed by atoms with van der Waals surface area (Å²) in [6, 6.07) is 3.86. The summed E-state index contributed by atoms with van der Waals surface area (Å²) in [7, 11) is 0. The maximum absolute atomic E-state index is 5.92. The largest absolute Gasteiger partial charge is 0.493 e. The Morgan fingerprint density at radius 2 is 1.86 bits per heavy atom. The highest BCUT2D eigenvalue weighted by Crippen LogP contribution is 2.27. The third-order valence-corrected chi connectivity index (χ3v) is 2.73. The molecule has 0 fully saturated rings. The van der Waals surface area contributed by atoms with Crippen molar-refractivity contribution in [2.75, 3.05) is 11.9 Å². The van der Waals surface area contributed by atoms with E-state index in [2.05, 4.69) is 15.9 Å². The van der Waals surface area contributed by atoms with E-state index in [9.17, 15) is 0 Å². The van der Waals surface area contributed by atoms with Crippen LogP contribution in [0, 0.1) is 13.8 Å². The Bertz CT molecular complexity index is 289. The molecular weight excluding hydrogens is 263 g/mol. The molecule has 0 heterocycles. The lowest BCUT2D eigenvalue weighted by Crippen LogP contribution is -2.01. The summed E-state index contributed by atoms with van der Waals surface area (Å²) in [4.78, 5) is 0. The quantitative estimate of drug-likeness (QED) is 0.594. The fourth-order valence-electron chi connectivity index (χ4n) is 1.35. The molecule has 1 rings (SSSR count). The van der Waals surface area contributed by atoms with Gasteiger partial charge in [0.25, 0.3) is 0 Å². The van der Waals surface area contributed by atoms with Crippen LogP contribution in [0.1, 0.15) is 17.5 Å². The highest BCUT2D eigenvalue weighted by atomic mass is 79.9. The number of halogens is 2. The molecule has 1 aromatic carbocycles. The highest BCUT2D eigenvalue weighted by molar-refractivity contribution is 9.09. The molecule has 0 aliphatic heterocycles. The van der Waals surface area contributed by atoms with Crippen LogP contribution in [0.15, 0.2) is 12.1 Å². The van der Waals surface area contributed by atoms with Gasteiger partial charge < -0.3 is 4.74 Å². The van der Waals surface area contributed by atoms with Crippen molar-refractivity contribution in [3.05, 3.63) is 28.3 Å². The molecule has 0 aliphatic carbocycles. The average Bonchev–Trinajstić information content (AvgIpc) is 2.09. The molecule has 0 bridgehead atoms. The molecule has 0 amide bonds. The number of hydrogen-bond donors (Lipinski definition) is 0. The summed E-state index contributed by atoms with van der Waals surface area (Å²) in [6.45, 7) is 4.78. The molecule has 0 atom stereocenters. The summed E-state index contributed by atoms with van der Waals surface area (Å²) in [5.74, 6) is 0.968. The summed E-state index contributed by atoms with van der Waals surface area (Å²) in [5, 5.41) is 1.74. The molecule has 3 heteroatoms. The van der Waals surface area contributed by atoms with Gasteiger partial charge in [-0.25, -0.2) is 0 Å². The fourth-order valence-corrected chi connectivity index (χ4v) is 1.91. The molecule has 0 saturated carbocycles. The second kappa shape index (κ2) is 5.62. The second-order valence-electron chi connectivity index (χ2n) is 3.26. The van der Waals surface area contributed by atoms with Gasteiger partial charge in [-0.3, -0.25) is 0 Å². The van der Waals surface area contributed by atoms with E-state index < -0.39 is 0 Å². The van der Waals surface area contributed by atoms with Crippen LogP contribution in [-0.4, -0.2) is 11.9 Å². The van der Waals surface area contributed by atoms with Gasteiger partial charge >= 0.3 is 0 Å². The third-order valence-electron chi connectivity index (χ3n) is 1.95. The fraction of sp³-hybridized carbons (Fsp3) is 0.455. The van der Waals surface area contributed by atoms with Crippen molar-refractivity contribution in [1.29, 1.82) is 0 Å². The van der Waals surface area contributed by atoms with E-state index in [1.54, 1.807) is 0 Å². The van der Waals surface area contributed by atoms with Gasteiger partial charge in [-0.15, -0.1) is 0 Å². The highest BCUT2D eigenvalue weighted by Gasteiger charge is 2.04. The van der Waals surface area contributed by atoms with E-state index >= 15 is 0 Å². The predicted molar refractivity (Wildman–Crippen MR) is 64.8 cm³/mol. The smallest absolute Gasteiger partial charge is 0.125 e. The number of aryl methyl sites for hydroxylation is 2. The lowest BCUT2D eigenvalue weighted by atomic mass is 10.1. The van der Waals surface area contributed by atoms with E-state index in [0.29, 0.717) is 0 Å². The predicted octanol–water partition coefficient (Wildman–Crippen LogP) is 4.12. The SMILES string of the molecule is Cc1cc(Cl)cc(C)c1OCCCBr. The van der Waals surface area contributed by atoms with Crippen LogP contribution in [0.25, 0.3) is 0 Å². The lowest BCUT2D eigenvalue weighted by molar-refractivity contribution is 0.315. The molecule has 1 aromatic rings. The Balaban J connectivity index is 2.75. The zero-order valence-corrected chi connectivity index (χ0v) is 10.8. The van der Waals surface area contributed by atoms with Crippen LogP contribution in [-0.2, 0) is 0 Å². The van der Waals surface area contributed by atoms with Gasteiger partial charge in [0.2, 0.25) is 0 Å². The standard InChI is InChI=1S/C11H14BrClO/c1-8-6-10(13)7-9(2)11(8)14-5-3-4-12/h6-7H,3-5H2,1-2H3. The molecule has 0 saturated heterocycles. The Morgan fingerprint density at radius 1 is 1.29 bits per heavy atom. The van der Waals surface area contributed by atoms with Crippen LogP contribution >= 0.6 is 27.5 Å². The molecule has 0 radical (unpaired) electrons. The Labute approximate surface area is 98.5 Å². The zero-order chi connectivity index (χ0) is 10.6. The van der Waals surface area contributed by atoms with Gasteiger partial charge in [0.05, 0.1) is 6.61 Å². The van der Waals surface area contributed by atoms with Crippen molar-refractivity contribution in [3.63, 3.8) is 0 Å². The molecule has 0 spiro atoms. The van der Waals surface area contributed by atoms with E-state index in [1.165, 1.54) is 0 Å². The molecule has 0 aliphatic rings. The van der Waals surface area contributed by atoms with Gasteiger partial charge in [-0.2, -0.15) is 0 Å². The number of ether oxygens (including phenoxy) is 1. The number of benzene rings is 1. The molecule has 0 unspecified atom stereocenters. The summed E-state index contributed by atoms with van der Waals surface area (Å²) in [6.07, 6.45) is 1.02. The monoisotopic (exact) mass is 276 g/mol. The summed E-state index contributed by atoms with van der Waals surface area (Å²) >= 11 is 9.29. The van der Waals surface area contributed by atoms with Gasteiger partial charge in [-0.1, -0.05) is 27.5 Å². The van der Waals surface area contributed by atoms with Crippen LogP contribution in [0.4, 0.5) is 0 Å². The van der Waals surface area contributed by atoms with E-state index in [4.69, 9.17) is 16.3 Å². The van der Waals surface area contributed by atoms with Gasteiger partial charge in [0.1, 0.15) is 5.75 Å². The lowest BCUT2D eigenvalue weighted by Gasteiger charge is -2.11. The number of alkyl halides is 1. The maximum Gasteiger partial charge on any atom is 0.125 e. The Kier molecular flexibility index (Phi) is 4.76. The zero-order valence-electron chi connectivity index (χ0n) is 8.44. The van der Waals surface area contributed by atoms with Crippen molar-refractivity contribution < 1.29 is 4.74 Å². The first-order valence-electron chi connectivity index (χ1n) is 4.60. The van der Waals surface area contributed by atoms with Crippen molar-refractivity contribution in [1.82, 2.24) is 0 Å². The normalized spacial score (nSPS) is 10.3. The summed E-state index contributed by atoms with van der Waals surface area (Å²) < 4.78 is 5.67. The number of hydrogen-bond acceptors (Lipinski definition) is 1. The van der Waals surface area contributed by atoms with Crippen molar-refractivity contribution in [2.45, 2.75) is 20.3 Å². The first-order chi connectivity index (χ1) is 6.65. The third kappa shape index (κ3) is 3.18. The molecule has 0 N–H and O–H groups in total. The van der Waals surface area contributed by atoms with Crippen LogP contribution in [0.5, 0.6) is 5.75 Å². The van der Waals surface area contributed by atoms with Gasteiger partial charge in [0.15, 0.2) is 0 Å². The maximum atomic E-state index is 5.92. The first-order valence-corrected chi connectivity index (χ1v) is 6.10. The van der Waals surface area contributed by atoms with Crippen LogP contribution < -0.4 is 4.74 Å². The van der Waals surface area contributed by atoms with Crippen molar-refractivity contribution in [3.8, 4) is 5.75 Å². The average molecular weight is 278 g/mol. The molecule has 0 aromatic heterocycles. The first kappa shape index (κ1) is 11.9. The topological polar surface area (TPSA) is 9.23 Å². The molecule has 78 valence electrons. The van der Waals surface area contributed by atoms with Crippen LogP contribution in [0.2, 0.25) is 5.02 Å². The van der Waals surface area contributed by atoms with E-state index in [1.807, 2.05) is 26.0 Å². The summed E-state index contributed by atoms with van der Waals surface area (Å²) in [5.41, 5.74) is 2.20. The van der Waals surface area contributed by atoms with E-state index in [-0.39, 0.29) is 0 Å². The van der Waals surface area contributed by atoms with Crippen molar-refractivity contribution in [2.24, 2.45) is 0 Å². The number of rotatable bonds is 4. The van der Waals surface area contributed by atoms with E-state index in [0.717, 1.165) is 40.3 Å². The van der Waals surface area contributed by atoms with Gasteiger partial charge in [-0.05, 0) is 43.5 Å².